The van der Waals surface area contributed by atoms with Gasteiger partial charge in [-0.2, -0.15) is 4.98 Å². The fourth-order valence-electron chi connectivity index (χ4n) is 2.17. The molecule has 128 valence electrons. The van der Waals surface area contributed by atoms with E-state index >= 15 is 0 Å². The van der Waals surface area contributed by atoms with Crippen molar-refractivity contribution in [3.05, 3.63) is 60.2 Å². The van der Waals surface area contributed by atoms with Gasteiger partial charge in [-0.05, 0) is 35.0 Å². The number of anilines is 2. The molecule has 0 fully saturated rings. The zero-order chi connectivity index (χ0) is 17.6. The van der Waals surface area contributed by atoms with Gasteiger partial charge >= 0.3 is 0 Å². The van der Waals surface area contributed by atoms with Gasteiger partial charge in [0.15, 0.2) is 0 Å². The number of rotatable bonds is 6. The highest BCUT2D eigenvalue weighted by Gasteiger charge is 2.09. The first-order chi connectivity index (χ1) is 12.1. The largest absolute Gasteiger partial charge is 0.347 e. The van der Waals surface area contributed by atoms with Crippen LogP contribution in [0, 0.1) is 5.92 Å². The van der Waals surface area contributed by atoms with Crippen LogP contribution in [0.1, 0.15) is 19.4 Å². The van der Waals surface area contributed by atoms with Crippen LogP contribution in [0.5, 0.6) is 0 Å². The first kappa shape index (κ1) is 16.7. The molecule has 0 unspecified atom stereocenters. The lowest BCUT2D eigenvalue weighted by Crippen LogP contribution is -2.17. The Morgan fingerprint density at radius 1 is 1.08 bits per heavy atom. The summed E-state index contributed by atoms with van der Waals surface area (Å²) in [5.74, 6) is 0.885. The molecule has 1 amide bonds. The van der Waals surface area contributed by atoms with Crippen molar-refractivity contribution < 1.29 is 9.32 Å². The lowest BCUT2D eigenvalue weighted by atomic mass is 10.1. The Labute approximate surface area is 146 Å². The second kappa shape index (κ2) is 7.61. The van der Waals surface area contributed by atoms with E-state index in [1.54, 1.807) is 0 Å². The first-order valence-corrected chi connectivity index (χ1v) is 8.14. The van der Waals surface area contributed by atoms with Crippen LogP contribution in [-0.4, -0.2) is 16.0 Å². The maximum absolute atomic E-state index is 11.7. The van der Waals surface area contributed by atoms with Crippen LogP contribution >= 0.6 is 0 Å². The van der Waals surface area contributed by atoms with E-state index in [1.807, 2.05) is 68.4 Å². The third-order valence-electron chi connectivity index (χ3n) is 3.64. The maximum Gasteiger partial charge on any atom is 0.264 e. The standard InChI is InChI=1S/C19H20N4O2/c1-13(2)17(24)21-16-10-8-14(9-11-16)12-20-19-22-18(25-23-19)15-6-4-3-5-7-15/h3-11,13H,12H2,1-2H3,(H,20,23)(H,21,24). The summed E-state index contributed by atoms with van der Waals surface area (Å²) in [4.78, 5) is 16.0. The van der Waals surface area contributed by atoms with Crippen LogP contribution < -0.4 is 10.6 Å². The van der Waals surface area contributed by atoms with Crippen LogP contribution in [0.2, 0.25) is 0 Å². The van der Waals surface area contributed by atoms with Crippen molar-refractivity contribution in [2.75, 3.05) is 10.6 Å². The molecule has 3 rings (SSSR count). The lowest BCUT2D eigenvalue weighted by molar-refractivity contribution is -0.118. The number of nitrogens with one attached hydrogen (secondary N) is 2. The minimum atomic E-state index is -0.0432. The Morgan fingerprint density at radius 2 is 1.80 bits per heavy atom. The summed E-state index contributed by atoms with van der Waals surface area (Å²) in [5, 5.41) is 9.92. The first-order valence-electron chi connectivity index (χ1n) is 8.14. The topological polar surface area (TPSA) is 80.0 Å². The van der Waals surface area contributed by atoms with Crippen LogP contribution in [0.15, 0.2) is 59.1 Å². The molecule has 1 aromatic heterocycles. The van der Waals surface area contributed by atoms with E-state index < -0.39 is 0 Å². The minimum Gasteiger partial charge on any atom is -0.347 e. The molecule has 0 radical (unpaired) electrons. The molecular weight excluding hydrogens is 316 g/mol. The number of benzene rings is 2. The van der Waals surface area contributed by atoms with Crippen molar-refractivity contribution >= 4 is 17.5 Å². The van der Waals surface area contributed by atoms with Gasteiger partial charge in [0.1, 0.15) is 0 Å². The Bertz CT molecular complexity index is 826. The van der Waals surface area contributed by atoms with Crippen molar-refractivity contribution in [3.63, 3.8) is 0 Å². The lowest BCUT2D eigenvalue weighted by Gasteiger charge is -2.08. The molecule has 3 aromatic rings. The van der Waals surface area contributed by atoms with Gasteiger partial charge in [-0.3, -0.25) is 4.79 Å². The summed E-state index contributed by atoms with van der Waals surface area (Å²) in [7, 11) is 0. The smallest absolute Gasteiger partial charge is 0.264 e. The van der Waals surface area contributed by atoms with E-state index in [-0.39, 0.29) is 11.8 Å². The van der Waals surface area contributed by atoms with Gasteiger partial charge in [-0.1, -0.05) is 44.2 Å². The Balaban J connectivity index is 1.57. The van der Waals surface area contributed by atoms with Crippen molar-refractivity contribution in [1.29, 1.82) is 0 Å². The molecule has 0 aliphatic carbocycles. The monoisotopic (exact) mass is 336 g/mol. The van der Waals surface area contributed by atoms with Gasteiger partial charge in [-0.15, -0.1) is 0 Å². The van der Waals surface area contributed by atoms with Gasteiger partial charge in [0.2, 0.25) is 5.91 Å². The molecule has 0 aliphatic rings. The number of hydrogen-bond acceptors (Lipinski definition) is 5. The Hall–Kier alpha value is -3.15. The van der Waals surface area contributed by atoms with E-state index in [1.165, 1.54) is 0 Å². The average molecular weight is 336 g/mol. The summed E-state index contributed by atoms with van der Waals surface area (Å²) < 4.78 is 5.25. The van der Waals surface area contributed by atoms with Crippen molar-refractivity contribution in [2.24, 2.45) is 5.92 Å². The number of aromatic nitrogens is 2. The van der Waals surface area contributed by atoms with Crippen LogP contribution in [0.25, 0.3) is 11.5 Å². The van der Waals surface area contributed by atoms with Gasteiger partial charge in [0, 0.05) is 23.7 Å². The summed E-state index contributed by atoms with van der Waals surface area (Å²) in [5.41, 5.74) is 2.72. The molecule has 0 saturated heterocycles. The van der Waals surface area contributed by atoms with E-state index in [9.17, 15) is 4.79 Å². The molecule has 2 N–H and O–H groups in total. The third-order valence-corrected chi connectivity index (χ3v) is 3.64. The van der Waals surface area contributed by atoms with E-state index in [0.717, 1.165) is 16.8 Å². The molecule has 0 spiro atoms. The van der Waals surface area contributed by atoms with Crippen molar-refractivity contribution in [3.8, 4) is 11.5 Å². The normalized spacial score (nSPS) is 10.7. The molecule has 25 heavy (non-hydrogen) atoms. The molecular formula is C19H20N4O2. The van der Waals surface area contributed by atoms with Gasteiger partial charge in [-0.25, -0.2) is 0 Å². The zero-order valence-corrected chi connectivity index (χ0v) is 14.2. The van der Waals surface area contributed by atoms with Crippen LogP contribution in [-0.2, 0) is 11.3 Å². The number of carbonyl (C=O) groups excluding carboxylic acids is 1. The summed E-state index contributed by atoms with van der Waals surface area (Å²) in [6, 6.07) is 17.3. The molecule has 0 bridgehead atoms. The SMILES string of the molecule is CC(C)C(=O)Nc1ccc(CNc2noc(-c3ccccc3)n2)cc1. The zero-order valence-electron chi connectivity index (χ0n) is 14.2. The van der Waals surface area contributed by atoms with Gasteiger partial charge < -0.3 is 15.2 Å². The molecule has 6 nitrogen and oxygen atoms in total. The molecule has 0 atom stereocenters. The fraction of sp³-hybridized carbons (Fsp3) is 0.211. The third kappa shape index (κ3) is 4.44. The fourth-order valence-corrected chi connectivity index (χ4v) is 2.17. The summed E-state index contributed by atoms with van der Waals surface area (Å²) in [6.45, 7) is 4.29. The predicted molar refractivity (Wildman–Crippen MR) is 97.0 cm³/mol. The van der Waals surface area contributed by atoms with Crippen LogP contribution in [0.3, 0.4) is 0 Å². The van der Waals surface area contributed by atoms with Crippen molar-refractivity contribution in [1.82, 2.24) is 10.1 Å². The van der Waals surface area contributed by atoms with E-state index in [2.05, 4.69) is 20.8 Å². The predicted octanol–water partition coefficient (Wildman–Crippen LogP) is 3.94. The van der Waals surface area contributed by atoms with E-state index in [4.69, 9.17) is 4.52 Å². The highest BCUT2D eigenvalue weighted by atomic mass is 16.5. The quantitative estimate of drug-likeness (QED) is 0.712. The Morgan fingerprint density at radius 3 is 2.48 bits per heavy atom. The van der Waals surface area contributed by atoms with Gasteiger partial charge in [0.05, 0.1) is 0 Å². The number of amides is 1. The number of nitrogens with zero attached hydrogens (tertiary/aromatic N) is 2. The van der Waals surface area contributed by atoms with Crippen molar-refractivity contribution in [2.45, 2.75) is 20.4 Å². The summed E-state index contributed by atoms with van der Waals surface area (Å²) in [6.07, 6.45) is 0. The molecule has 1 heterocycles. The number of carbonyl (C=O) groups is 1. The second-order valence-corrected chi connectivity index (χ2v) is 5.98. The highest BCUT2D eigenvalue weighted by molar-refractivity contribution is 5.92. The molecule has 0 aliphatic heterocycles. The average Bonchev–Trinajstić information content (AvgIpc) is 3.11. The Kier molecular flexibility index (Phi) is 5.09. The van der Waals surface area contributed by atoms with Crippen LogP contribution in [0.4, 0.5) is 11.6 Å². The van der Waals surface area contributed by atoms with E-state index in [0.29, 0.717) is 18.4 Å². The number of hydrogen-bond donors (Lipinski definition) is 2. The maximum atomic E-state index is 11.7. The minimum absolute atomic E-state index is 0.00566. The molecule has 6 heteroatoms. The summed E-state index contributed by atoms with van der Waals surface area (Å²) >= 11 is 0. The molecule has 2 aromatic carbocycles. The second-order valence-electron chi connectivity index (χ2n) is 5.98. The highest BCUT2D eigenvalue weighted by Crippen LogP contribution is 2.18. The molecule has 0 saturated carbocycles. The van der Waals surface area contributed by atoms with Gasteiger partial charge in [0.25, 0.3) is 11.8 Å².